The predicted octanol–water partition coefficient (Wildman–Crippen LogP) is 23.4. The second-order valence-electron chi connectivity index (χ2n) is 22.4. The highest BCUT2D eigenvalue weighted by Gasteiger charge is 2.19. The molecule has 0 saturated heterocycles. The van der Waals surface area contributed by atoms with Crippen molar-refractivity contribution in [1.82, 2.24) is 0 Å². The Morgan fingerprint density at radius 1 is 0.263 bits per heavy atom. The average molecular weight is 1110 g/mol. The Morgan fingerprint density at radius 2 is 0.512 bits per heavy atom. The highest BCUT2D eigenvalue weighted by molar-refractivity contribution is 5.71. The van der Waals surface area contributed by atoms with E-state index in [0.29, 0.717) is 19.3 Å². The third-order valence-corrected chi connectivity index (χ3v) is 14.5. The Bertz CT molecular complexity index is 1610. The molecule has 0 heterocycles. The number of unbranched alkanes of at least 4 members (excludes halogenated alkanes) is 32. The molecular formula is C74H126O6. The fourth-order valence-electron chi connectivity index (χ4n) is 9.46. The molecule has 0 fully saturated rings. The van der Waals surface area contributed by atoms with E-state index in [1.54, 1.807) is 0 Å². The van der Waals surface area contributed by atoms with Crippen LogP contribution in [0.1, 0.15) is 323 Å². The smallest absolute Gasteiger partial charge is 0.306 e. The molecule has 0 spiro atoms. The van der Waals surface area contributed by atoms with Gasteiger partial charge in [-0.3, -0.25) is 14.4 Å². The van der Waals surface area contributed by atoms with Crippen molar-refractivity contribution in [2.75, 3.05) is 13.2 Å². The van der Waals surface area contributed by atoms with Crippen molar-refractivity contribution in [2.45, 2.75) is 329 Å². The Morgan fingerprint density at radius 3 is 0.812 bits per heavy atom. The van der Waals surface area contributed by atoms with Gasteiger partial charge in [-0.2, -0.15) is 0 Å². The number of carbonyl (C=O) groups excluding carboxylic acids is 3. The molecule has 0 N–H and O–H groups in total. The van der Waals surface area contributed by atoms with E-state index in [2.05, 4.69) is 130 Å². The Kier molecular flexibility index (Phi) is 64.3. The van der Waals surface area contributed by atoms with Gasteiger partial charge in [0.05, 0.1) is 0 Å². The number of ether oxygens (including phenoxy) is 3. The first-order valence-electron chi connectivity index (χ1n) is 33.9. The van der Waals surface area contributed by atoms with E-state index in [1.807, 2.05) is 0 Å². The molecule has 0 aliphatic rings. The molecule has 6 nitrogen and oxygen atoms in total. The molecule has 1 unspecified atom stereocenters. The van der Waals surface area contributed by atoms with Crippen LogP contribution in [0.5, 0.6) is 0 Å². The van der Waals surface area contributed by atoms with Crippen LogP contribution in [0.4, 0.5) is 0 Å². The summed E-state index contributed by atoms with van der Waals surface area (Å²) in [5.74, 6) is -0.886. The Hall–Kier alpha value is -3.93. The molecular weight excluding hydrogens is 985 g/mol. The van der Waals surface area contributed by atoms with Gasteiger partial charge in [0.2, 0.25) is 0 Å². The topological polar surface area (TPSA) is 78.9 Å². The number of allylic oxidation sites excluding steroid dienone is 18. The van der Waals surface area contributed by atoms with Gasteiger partial charge in [-0.05, 0) is 103 Å². The molecule has 1 atom stereocenters. The predicted molar refractivity (Wildman–Crippen MR) is 348 cm³/mol. The Labute approximate surface area is 495 Å². The summed E-state index contributed by atoms with van der Waals surface area (Å²) in [5.41, 5.74) is 0. The summed E-state index contributed by atoms with van der Waals surface area (Å²) in [6, 6.07) is 0. The van der Waals surface area contributed by atoms with Crippen LogP contribution in [-0.4, -0.2) is 37.2 Å². The molecule has 0 saturated carbocycles. The molecule has 0 bridgehead atoms. The van der Waals surface area contributed by atoms with E-state index in [0.717, 1.165) is 128 Å². The molecule has 0 aromatic rings. The van der Waals surface area contributed by atoms with E-state index in [4.69, 9.17) is 14.2 Å². The summed E-state index contributed by atoms with van der Waals surface area (Å²) < 4.78 is 16.9. The van der Waals surface area contributed by atoms with Crippen LogP contribution in [0.3, 0.4) is 0 Å². The van der Waals surface area contributed by atoms with Gasteiger partial charge in [0.25, 0.3) is 0 Å². The van der Waals surface area contributed by atoms with Crippen molar-refractivity contribution >= 4 is 17.9 Å². The lowest BCUT2D eigenvalue weighted by atomic mass is 10.0. The monoisotopic (exact) mass is 1110 g/mol. The van der Waals surface area contributed by atoms with Gasteiger partial charge in [0.15, 0.2) is 6.10 Å². The van der Waals surface area contributed by atoms with Gasteiger partial charge in [-0.15, -0.1) is 0 Å². The SMILES string of the molecule is CC/C=C\C/C=C\C/C=C\C/C=C\C/C=C\C/C=C\C/C=C\CCCCCCCCCCCCCC(=O)OCC(COC(=O)CCCCCCC/C=C\C/C=C\CCC)OC(=O)CCCCCCCCCCCCCCCCCC. The lowest BCUT2D eigenvalue weighted by Crippen LogP contribution is -2.30. The van der Waals surface area contributed by atoms with Crippen LogP contribution in [0.2, 0.25) is 0 Å². The van der Waals surface area contributed by atoms with Gasteiger partial charge in [0.1, 0.15) is 13.2 Å². The molecule has 0 aliphatic carbocycles. The van der Waals surface area contributed by atoms with E-state index >= 15 is 0 Å². The van der Waals surface area contributed by atoms with Gasteiger partial charge >= 0.3 is 17.9 Å². The third kappa shape index (κ3) is 64.9. The summed E-state index contributed by atoms with van der Waals surface area (Å²) in [7, 11) is 0. The van der Waals surface area contributed by atoms with Crippen molar-refractivity contribution in [2.24, 2.45) is 0 Å². The summed E-state index contributed by atoms with van der Waals surface area (Å²) in [4.78, 5) is 38.3. The standard InChI is InChI=1S/C74H126O6/c1-4-7-10-13-16-19-22-25-27-29-30-31-32-33-34-35-36-37-38-39-40-41-42-43-44-45-47-49-52-55-58-61-64-67-73(76)79-70-71(69-78-72(75)66-63-60-57-54-51-48-24-21-18-15-12-9-6-3)80-74(77)68-65-62-59-56-53-50-46-28-26-23-20-17-14-11-8-5-2/h7,10,12,15-16,19,21,24-25,27,30-31,33-34,36-37,39-40,71H,4-6,8-9,11,13-14,17-18,20,22-23,26,28-29,32,35,38,41-70H2,1-3H3/b10-7-,15-12-,19-16-,24-21-,27-25-,31-30-,34-33-,37-36-,40-39-. The fourth-order valence-corrected chi connectivity index (χ4v) is 9.46. The van der Waals surface area contributed by atoms with E-state index in [9.17, 15) is 14.4 Å². The van der Waals surface area contributed by atoms with Crippen molar-refractivity contribution in [3.63, 3.8) is 0 Å². The number of esters is 3. The molecule has 0 amide bonds. The first-order chi connectivity index (χ1) is 39.5. The van der Waals surface area contributed by atoms with Crippen molar-refractivity contribution in [3.8, 4) is 0 Å². The summed E-state index contributed by atoms with van der Waals surface area (Å²) >= 11 is 0. The summed E-state index contributed by atoms with van der Waals surface area (Å²) in [6.45, 7) is 6.48. The number of hydrogen-bond acceptors (Lipinski definition) is 6. The molecule has 0 aromatic heterocycles. The third-order valence-electron chi connectivity index (χ3n) is 14.5. The van der Waals surface area contributed by atoms with Crippen LogP contribution in [0.15, 0.2) is 109 Å². The largest absolute Gasteiger partial charge is 0.462 e. The van der Waals surface area contributed by atoms with Crippen LogP contribution in [0, 0.1) is 0 Å². The highest BCUT2D eigenvalue weighted by atomic mass is 16.6. The van der Waals surface area contributed by atoms with Crippen LogP contribution < -0.4 is 0 Å². The van der Waals surface area contributed by atoms with Crippen LogP contribution >= 0.6 is 0 Å². The molecule has 0 aromatic carbocycles. The summed E-state index contributed by atoms with van der Waals surface area (Å²) in [5, 5.41) is 0. The molecule has 458 valence electrons. The fraction of sp³-hybridized carbons (Fsp3) is 0.716. The zero-order chi connectivity index (χ0) is 57.8. The average Bonchev–Trinajstić information content (AvgIpc) is 3.46. The van der Waals surface area contributed by atoms with E-state index < -0.39 is 6.10 Å². The van der Waals surface area contributed by atoms with Gasteiger partial charge in [-0.1, -0.05) is 310 Å². The normalized spacial score (nSPS) is 12.8. The van der Waals surface area contributed by atoms with Gasteiger partial charge < -0.3 is 14.2 Å². The quantitative estimate of drug-likeness (QED) is 0.0261. The summed E-state index contributed by atoms with van der Waals surface area (Å²) in [6.07, 6.45) is 92.5. The minimum absolute atomic E-state index is 0.0813. The van der Waals surface area contributed by atoms with Gasteiger partial charge in [-0.25, -0.2) is 0 Å². The zero-order valence-electron chi connectivity index (χ0n) is 52.6. The number of carbonyl (C=O) groups is 3. The first kappa shape index (κ1) is 76.1. The lowest BCUT2D eigenvalue weighted by Gasteiger charge is -2.18. The van der Waals surface area contributed by atoms with Gasteiger partial charge in [0, 0.05) is 19.3 Å². The maximum atomic E-state index is 12.9. The maximum absolute atomic E-state index is 12.9. The number of rotatable bonds is 61. The molecule has 0 aliphatic heterocycles. The zero-order valence-corrected chi connectivity index (χ0v) is 52.6. The molecule has 80 heavy (non-hydrogen) atoms. The lowest BCUT2D eigenvalue weighted by molar-refractivity contribution is -0.167. The van der Waals surface area contributed by atoms with Crippen molar-refractivity contribution in [1.29, 1.82) is 0 Å². The van der Waals surface area contributed by atoms with Crippen LogP contribution in [-0.2, 0) is 28.6 Å². The van der Waals surface area contributed by atoms with Crippen molar-refractivity contribution < 1.29 is 28.6 Å². The van der Waals surface area contributed by atoms with E-state index in [-0.39, 0.29) is 31.1 Å². The first-order valence-corrected chi connectivity index (χ1v) is 33.9. The second-order valence-corrected chi connectivity index (χ2v) is 22.4. The highest BCUT2D eigenvalue weighted by Crippen LogP contribution is 2.17. The van der Waals surface area contributed by atoms with E-state index in [1.165, 1.54) is 154 Å². The van der Waals surface area contributed by atoms with Crippen LogP contribution in [0.25, 0.3) is 0 Å². The minimum atomic E-state index is -0.784. The minimum Gasteiger partial charge on any atom is -0.462 e. The second kappa shape index (κ2) is 67.6. The van der Waals surface area contributed by atoms with Crippen molar-refractivity contribution in [3.05, 3.63) is 109 Å². The molecule has 0 radical (unpaired) electrons. The number of hydrogen-bond donors (Lipinski definition) is 0. The maximum Gasteiger partial charge on any atom is 0.306 e. The molecule has 6 heteroatoms. The Balaban J connectivity index is 4.22. The molecule has 0 rings (SSSR count).